The molecule has 2 N–H and O–H groups in total. The van der Waals surface area contributed by atoms with Crippen LogP contribution in [0.25, 0.3) is 0 Å². The van der Waals surface area contributed by atoms with E-state index in [9.17, 15) is 0 Å². The van der Waals surface area contributed by atoms with Crippen LogP contribution in [-0.4, -0.2) is 4.98 Å². The minimum atomic E-state index is 0.580. The Hall–Kier alpha value is -1.67. The van der Waals surface area contributed by atoms with Gasteiger partial charge in [-0.2, -0.15) is 0 Å². The number of hydrogen-bond donors (Lipinski definition) is 1. The Morgan fingerprint density at radius 1 is 1.22 bits per heavy atom. The van der Waals surface area contributed by atoms with Crippen LogP contribution in [0, 0.1) is 0 Å². The van der Waals surface area contributed by atoms with Gasteiger partial charge < -0.3 is 5.73 Å². The van der Waals surface area contributed by atoms with Crippen molar-refractivity contribution in [3.05, 3.63) is 65.0 Å². The lowest BCUT2D eigenvalue weighted by molar-refractivity contribution is 0.573. The molecule has 1 aromatic heterocycles. The summed E-state index contributed by atoms with van der Waals surface area (Å²) in [6.07, 6.45) is 5.30. The first kappa shape index (κ1) is 11.4. The lowest BCUT2D eigenvalue weighted by Gasteiger charge is -2.24. The average Bonchev–Trinajstić information content (AvgIpc) is 2.47. The Labute approximate surface area is 108 Å². The lowest BCUT2D eigenvalue weighted by Crippen LogP contribution is -2.15. The van der Waals surface area contributed by atoms with E-state index in [-0.39, 0.29) is 0 Å². The van der Waals surface area contributed by atoms with Crippen LogP contribution in [0.2, 0.25) is 0 Å². The maximum Gasteiger partial charge on any atom is 0.0436 e. The first-order chi connectivity index (χ1) is 8.86. The lowest BCUT2D eigenvalue weighted by atomic mass is 9.82. The van der Waals surface area contributed by atoms with Crippen molar-refractivity contribution in [2.24, 2.45) is 5.73 Å². The molecule has 0 amide bonds. The Kier molecular flexibility index (Phi) is 3.11. The fourth-order valence-electron chi connectivity index (χ4n) is 2.79. The first-order valence-electron chi connectivity index (χ1n) is 6.58. The third-order valence-electron chi connectivity index (χ3n) is 3.82. The molecule has 2 aromatic rings. The molecule has 2 nitrogen and oxygen atoms in total. The van der Waals surface area contributed by atoms with E-state index < -0.39 is 0 Å². The van der Waals surface area contributed by atoms with Crippen molar-refractivity contribution in [3.63, 3.8) is 0 Å². The summed E-state index contributed by atoms with van der Waals surface area (Å²) in [6.45, 7) is 0.580. The number of fused-ring (bicyclic) bond motifs is 1. The molecule has 0 saturated heterocycles. The van der Waals surface area contributed by atoms with Crippen molar-refractivity contribution in [1.29, 1.82) is 0 Å². The highest BCUT2D eigenvalue weighted by atomic mass is 14.7. The van der Waals surface area contributed by atoms with E-state index in [1.165, 1.54) is 23.2 Å². The molecule has 18 heavy (non-hydrogen) atoms. The van der Waals surface area contributed by atoms with Gasteiger partial charge in [0.1, 0.15) is 0 Å². The van der Waals surface area contributed by atoms with E-state index in [0.29, 0.717) is 12.5 Å². The van der Waals surface area contributed by atoms with Crippen LogP contribution in [0.3, 0.4) is 0 Å². The molecule has 92 valence electrons. The van der Waals surface area contributed by atoms with Gasteiger partial charge in [-0.05, 0) is 41.9 Å². The van der Waals surface area contributed by atoms with E-state index in [1.807, 2.05) is 6.20 Å². The second kappa shape index (κ2) is 4.91. The van der Waals surface area contributed by atoms with Crippen molar-refractivity contribution >= 4 is 0 Å². The fraction of sp³-hybridized carbons (Fsp3) is 0.312. The third kappa shape index (κ3) is 2.16. The maximum absolute atomic E-state index is 5.69. The quantitative estimate of drug-likeness (QED) is 0.873. The fourth-order valence-corrected chi connectivity index (χ4v) is 2.79. The Morgan fingerprint density at radius 3 is 2.83 bits per heavy atom. The van der Waals surface area contributed by atoms with Crippen LogP contribution < -0.4 is 5.73 Å². The highest BCUT2D eigenvalue weighted by Crippen LogP contribution is 2.31. The maximum atomic E-state index is 5.69. The van der Waals surface area contributed by atoms with Crippen LogP contribution in [0.4, 0.5) is 0 Å². The topological polar surface area (TPSA) is 38.9 Å². The molecule has 0 bridgehead atoms. The molecular formula is C16H18N2. The molecule has 1 unspecified atom stereocenters. The molecule has 0 spiro atoms. The van der Waals surface area contributed by atoms with Gasteiger partial charge in [-0.1, -0.05) is 36.4 Å². The molecule has 0 aliphatic heterocycles. The third-order valence-corrected chi connectivity index (χ3v) is 3.82. The molecule has 0 saturated carbocycles. The minimum absolute atomic E-state index is 0.580. The summed E-state index contributed by atoms with van der Waals surface area (Å²) < 4.78 is 0. The summed E-state index contributed by atoms with van der Waals surface area (Å²) in [6, 6.07) is 13.0. The van der Waals surface area contributed by atoms with E-state index in [2.05, 4.69) is 41.4 Å². The zero-order chi connectivity index (χ0) is 12.4. The standard InChI is InChI=1S/C16H18N2/c17-10-12-8-15-9-14(6-7-16(15)18-11-12)13-4-2-1-3-5-13/h1-5,8,11,14H,6-7,9-10,17H2. The molecule has 1 aliphatic rings. The molecule has 1 aliphatic carbocycles. The molecule has 0 radical (unpaired) electrons. The molecule has 3 rings (SSSR count). The summed E-state index contributed by atoms with van der Waals surface area (Å²) in [4.78, 5) is 4.54. The summed E-state index contributed by atoms with van der Waals surface area (Å²) >= 11 is 0. The van der Waals surface area contributed by atoms with Gasteiger partial charge in [0.25, 0.3) is 0 Å². The number of pyridine rings is 1. The molecule has 2 heteroatoms. The zero-order valence-corrected chi connectivity index (χ0v) is 10.5. The van der Waals surface area contributed by atoms with E-state index >= 15 is 0 Å². The second-order valence-electron chi connectivity index (χ2n) is 5.00. The van der Waals surface area contributed by atoms with E-state index in [4.69, 9.17) is 5.73 Å². The van der Waals surface area contributed by atoms with Crippen molar-refractivity contribution in [1.82, 2.24) is 4.98 Å². The number of benzene rings is 1. The van der Waals surface area contributed by atoms with Crippen LogP contribution >= 0.6 is 0 Å². The number of aryl methyl sites for hydroxylation is 1. The molecule has 0 fully saturated rings. The van der Waals surface area contributed by atoms with Gasteiger partial charge >= 0.3 is 0 Å². The summed E-state index contributed by atoms with van der Waals surface area (Å²) in [5.41, 5.74) is 10.9. The molecule has 1 atom stereocenters. The number of nitrogens with zero attached hydrogens (tertiary/aromatic N) is 1. The molecule has 1 heterocycles. The Balaban J connectivity index is 1.88. The van der Waals surface area contributed by atoms with Gasteiger partial charge in [-0.3, -0.25) is 4.98 Å². The van der Waals surface area contributed by atoms with Crippen molar-refractivity contribution in [3.8, 4) is 0 Å². The molecule has 1 aromatic carbocycles. The number of hydrogen-bond acceptors (Lipinski definition) is 2. The van der Waals surface area contributed by atoms with Gasteiger partial charge in [-0.25, -0.2) is 0 Å². The first-order valence-corrected chi connectivity index (χ1v) is 6.58. The smallest absolute Gasteiger partial charge is 0.0436 e. The van der Waals surface area contributed by atoms with Crippen molar-refractivity contribution < 1.29 is 0 Å². The van der Waals surface area contributed by atoms with Gasteiger partial charge in [0.2, 0.25) is 0 Å². The zero-order valence-electron chi connectivity index (χ0n) is 10.5. The van der Waals surface area contributed by atoms with E-state index in [0.717, 1.165) is 18.4 Å². The van der Waals surface area contributed by atoms with Gasteiger partial charge in [0.15, 0.2) is 0 Å². The van der Waals surface area contributed by atoms with Crippen LogP contribution in [-0.2, 0) is 19.4 Å². The minimum Gasteiger partial charge on any atom is -0.326 e. The normalized spacial score (nSPS) is 18.4. The summed E-state index contributed by atoms with van der Waals surface area (Å²) in [5.74, 6) is 0.633. The van der Waals surface area contributed by atoms with Crippen LogP contribution in [0.5, 0.6) is 0 Å². The van der Waals surface area contributed by atoms with Crippen LogP contribution in [0.1, 0.15) is 34.7 Å². The van der Waals surface area contributed by atoms with Gasteiger partial charge in [0.05, 0.1) is 0 Å². The highest BCUT2D eigenvalue weighted by Gasteiger charge is 2.20. The number of aromatic nitrogens is 1. The predicted octanol–water partition coefficient (Wildman–Crippen LogP) is 2.81. The Bertz CT molecular complexity index is 534. The number of nitrogens with two attached hydrogens (primary N) is 1. The molecular weight excluding hydrogens is 220 g/mol. The average molecular weight is 238 g/mol. The van der Waals surface area contributed by atoms with Gasteiger partial charge in [0, 0.05) is 18.4 Å². The van der Waals surface area contributed by atoms with Gasteiger partial charge in [-0.15, -0.1) is 0 Å². The second-order valence-corrected chi connectivity index (χ2v) is 5.00. The monoisotopic (exact) mass is 238 g/mol. The van der Waals surface area contributed by atoms with Crippen molar-refractivity contribution in [2.45, 2.75) is 31.7 Å². The van der Waals surface area contributed by atoms with Crippen molar-refractivity contribution in [2.75, 3.05) is 0 Å². The Morgan fingerprint density at radius 2 is 2.06 bits per heavy atom. The summed E-state index contributed by atoms with van der Waals surface area (Å²) in [5, 5.41) is 0. The predicted molar refractivity (Wildman–Crippen MR) is 73.3 cm³/mol. The van der Waals surface area contributed by atoms with Crippen LogP contribution in [0.15, 0.2) is 42.6 Å². The summed E-state index contributed by atoms with van der Waals surface area (Å²) in [7, 11) is 0. The number of rotatable bonds is 2. The largest absolute Gasteiger partial charge is 0.326 e. The van der Waals surface area contributed by atoms with E-state index in [1.54, 1.807) is 0 Å². The highest BCUT2D eigenvalue weighted by molar-refractivity contribution is 5.32. The SMILES string of the molecule is NCc1cnc2c(c1)CC(c1ccccc1)CC2.